The summed E-state index contributed by atoms with van der Waals surface area (Å²) in [5, 5.41) is 6.49. The number of nitrogens with one attached hydrogen (secondary N) is 2. The predicted molar refractivity (Wildman–Crippen MR) is 76.3 cm³/mol. The van der Waals surface area contributed by atoms with E-state index in [0.29, 0.717) is 13.0 Å². The Hall–Kier alpha value is -1.41. The number of likely N-dealkylation sites (N-methyl/N-ethyl adjacent to an activating group) is 1. The molecule has 0 aromatic carbocycles. The summed E-state index contributed by atoms with van der Waals surface area (Å²) in [4.78, 5) is 13.8. The highest BCUT2D eigenvalue weighted by atomic mass is 32.2. The average Bonchev–Trinajstić information content (AvgIpc) is 2.77. The third kappa shape index (κ3) is 5.70. The molecule has 0 aliphatic heterocycles. The van der Waals surface area contributed by atoms with E-state index in [-0.39, 0.29) is 11.8 Å². The number of aromatic amines is 1. The Kier molecular flexibility index (Phi) is 5.70. The van der Waals surface area contributed by atoms with Crippen LogP contribution in [0.4, 0.5) is 0 Å². The second-order valence-electron chi connectivity index (χ2n) is 5.37. The summed E-state index contributed by atoms with van der Waals surface area (Å²) in [6.07, 6.45) is 4.85. The standard InChI is InChI=1S/C12H22N4O3S/c1-9(2)5-11(15-20(4,18)19)12(17)16(3)8-10-6-13-14-7-10/h6-7,9,11,15H,5,8H2,1-4H3,(H,13,14). The normalized spacial score (nSPS) is 13.4. The van der Waals surface area contributed by atoms with E-state index in [9.17, 15) is 13.2 Å². The maximum absolute atomic E-state index is 12.4. The van der Waals surface area contributed by atoms with Crippen molar-refractivity contribution in [2.24, 2.45) is 5.92 Å². The van der Waals surface area contributed by atoms with Crippen LogP contribution in [0.15, 0.2) is 12.4 Å². The lowest BCUT2D eigenvalue weighted by Crippen LogP contribution is -2.47. The number of amides is 1. The van der Waals surface area contributed by atoms with Gasteiger partial charge in [-0.3, -0.25) is 9.89 Å². The van der Waals surface area contributed by atoms with Gasteiger partial charge in [-0.15, -0.1) is 0 Å². The second kappa shape index (κ2) is 6.85. The van der Waals surface area contributed by atoms with E-state index < -0.39 is 16.1 Å². The minimum atomic E-state index is -3.43. The Balaban J connectivity index is 2.75. The number of nitrogens with zero attached hydrogens (tertiary/aromatic N) is 2. The number of aromatic nitrogens is 2. The fraction of sp³-hybridized carbons (Fsp3) is 0.667. The van der Waals surface area contributed by atoms with E-state index in [2.05, 4.69) is 14.9 Å². The van der Waals surface area contributed by atoms with E-state index in [1.165, 1.54) is 4.90 Å². The molecular formula is C12H22N4O3S. The van der Waals surface area contributed by atoms with Crippen molar-refractivity contribution in [1.29, 1.82) is 0 Å². The Morgan fingerprint density at radius 1 is 1.50 bits per heavy atom. The molecule has 1 atom stereocenters. The molecular weight excluding hydrogens is 280 g/mol. The molecule has 20 heavy (non-hydrogen) atoms. The molecule has 2 N–H and O–H groups in total. The summed E-state index contributed by atoms with van der Waals surface area (Å²) < 4.78 is 25.1. The number of sulfonamides is 1. The summed E-state index contributed by atoms with van der Waals surface area (Å²) in [5.74, 6) is -0.0362. The summed E-state index contributed by atoms with van der Waals surface area (Å²) in [6, 6.07) is -0.734. The molecule has 1 rings (SSSR count). The van der Waals surface area contributed by atoms with E-state index in [0.717, 1.165) is 11.8 Å². The average molecular weight is 302 g/mol. The van der Waals surface area contributed by atoms with E-state index in [4.69, 9.17) is 0 Å². The van der Waals surface area contributed by atoms with Crippen molar-refractivity contribution in [1.82, 2.24) is 19.8 Å². The molecule has 0 radical (unpaired) electrons. The van der Waals surface area contributed by atoms with Gasteiger partial charge in [-0.05, 0) is 12.3 Å². The third-order valence-corrected chi connectivity index (χ3v) is 3.43. The Bertz CT molecular complexity index is 525. The molecule has 114 valence electrons. The largest absolute Gasteiger partial charge is 0.340 e. The van der Waals surface area contributed by atoms with Crippen LogP contribution in [-0.2, 0) is 21.4 Å². The minimum absolute atomic E-state index is 0.209. The number of H-pyrrole nitrogens is 1. The highest BCUT2D eigenvalue weighted by molar-refractivity contribution is 7.88. The number of carbonyl (C=O) groups excluding carboxylic acids is 1. The fourth-order valence-electron chi connectivity index (χ4n) is 1.91. The first-order valence-electron chi connectivity index (χ1n) is 6.39. The number of hydrogen-bond acceptors (Lipinski definition) is 4. The SMILES string of the molecule is CC(C)CC(NS(C)(=O)=O)C(=O)N(C)Cc1cn[nH]c1. The number of rotatable bonds is 7. The van der Waals surface area contributed by atoms with Crippen LogP contribution in [0.3, 0.4) is 0 Å². The first-order chi connectivity index (χ1) is 9.19. The highest BCUT2D eigenvalue weighted by Gasteiger charge is 2.26. The Morgan fingerprint density at radius 2 is 2.15 bits per heavy atom. The van der Waals surface area contributed by atoms with Crippen molar-refractivity contribution >= 4 is 15.9 Å². The van der Waals surface area contributed by atoms with E-state index >= 15 is 0 Å². The predicted octanol–water partition coefficient (Wildman–Crippen LogP) is 0.332. The zero-order valence-corrected chi connectivity index (χ0v) is 13.1. The Labute approximate surface area is 119 Å². The van der Waals surface area contributed by atoms with Gasteiger partial charge in [-0.2, -0.15) is 5.10 Å². The molecule has 1 unspecified atom stereocenters. The quantitative estimate of drug-likeness (QED) is 0.759. The van der Waals surface area contributed by atoms with Crippen molar-refractivity contribution in [3.63, 3.8) is 0 Å². The molecule has 0 spiro atoms. The van der Waals surface area contributed by atoms with Gasteiger partial charge in [0.25, 0.3) is 0 Å². The molecule has 1 aromatic heterocycles. The van der Waals surface area contributed by atoms with Crippen LogP contribution >= 0.6 is 0 Å². The molecule has 0 bridgehead atoms. The van der Waals surface area contributed by atoms with Crippen molar-refractivity contribution < 1.29 is 13.2 Å². The zero-order chi connectivity index (χ0) is 15.3. The van der Waals surface area contributed by atoms with Gasteiger partial charge in [0.05, 0.1) is 12.5 Å². The van der Waals surface area contributed by atoms with Gasteiger partial charge in [0, 0.05) is 25.4 Å². The lowest BCUT2D eigenvalue weighted by molar-refractivity contribution is -0.132. The monoisotopic (exact) mass is 302 g/mol. The lowest BCUT2D eigenvalue weighted by atomic mass is 10.0. The maximum Gasteiger partial charge on any atom is 0.240 e. The third-order valence-electron chi connectivity index (χ3n) is 2.71. The topological polar surface area (TPSA) is 95.2 Å². The first-order valence-corrected chi connectivity index (χ1v) is 8.28. The van der Waals surface area contributed by atoms with Crippen molar-refractivity contribution in [3.8, 4) is 0 Å². The molecule has 8 heteroatoms. The molecule has 1 heterocycles. The first kappa shape index (κ1) is 16.6. The molecule has 0 saturated heterocycles. The summed E-state index contributed by atoms with van der Waals surface area (Å²) in [6.45, 7) is 4.27. The Morgan fingerprint density at radius 3 is 2.60 bits per heavy atom. The summed E-state index contributed by atoms with van der Waals surface area (Å²) in [7, 11) is -1.78. The van der Waals surface area contributed by atoms with E-state index in [1.807, 2.05) is 13.8 Å². The van der Waals surface area contributed by atoms with Crippen LogP contribution < -0.4 is 4.72 Å². The molecule has 1 amide bonds. The number of carbonyl (C=O) groups is 1. The van der Waals surface area contributed by atoms with Crippen molar-refractivity contribution in [2.75, 3.05) is 13.3 Å². The molecule has 1 aromatic rings. The van der Waals surface area contributed by atoms with Gasteiger partial charge in [0.1, 0.15) is 6.04 Å². The summed E-state index contributed by atoms with van der Waals surface area (Å²) >= 11 is 0. The van der Waals surface area contributed by atoms with Crippen LogP contribution in [0.1, 0.15) is 25.8 Å². The van der Waals surface area contributed by atoms with E-state index in [1.54, 1.807) is 19.4 Å². The summed E-state index contributed by atoms with van der Waals surface area (Å²) in [5.41, 5.74) is 0.864. The highest BCUT2D eigenvalue weighted by Crippen LogP contribution is 2.10. The second-order valence-corrected chi connectivity index (χ2v) is 7.15. The maximum atomic E-state index is 12.4. The number of hydrogen-bond donors (Lipinski definition) is 2. The van der Waals surface area contributed by atoms with Gasteiger partial charge in [0.15, 0.2) is 0 Å². The lowest BCUT2D eigenvalue weighted by Gasteiger charge is -2.24. The molecule has 7 nitrogen and oxygen atoms in total. The van der Waals surface area contributed by atoms with Gasteiger partial charge < -0.3 is 4.90 Å². The van der Waals surface area contributed by atoms with Gasteiger partial charge >= 0.3 is 0 Å². The smallest absolute Gasteiger partial charge is 0.240 e. The van der Waals surface area contributed by atoms with Gasteiger partial charge in [-0.25, -0.2) is 13.1 Å². The zero-order valence-electron chi connectivity index (χ0n) is 12.3. The minimum Gasteiger partial charge on any atom is -0.340 e. The van der Waals surface area contributed by atoms with Crippen molar-refractivity contribution in [2.45, 2.75) is 32.9 Å². The molecule has 0 fully saturated rings. The van der Waals surface area contributed by atoms with Gasteiger partial charge in [0.2, 0.25) is 15.9 Å². The fourth-order valence-corrected chi connectivity index (χ4v) is 2.62. The van der Waals surface area contributed by atoms with Gasteiger partial charge in [-0.1, -0.05) is 13.8 Å². The van der Waals surface area contributed by atoms with Crippen LogP contribution in [-0.4, -0.2) is 48.8 Å². The van der Waals surface area contributed by atoms with Crippen LogP contribution in [0.2, 0.25) is 0 Å². The van der Waals surface area contributed by atoms with Crippen LogP contribution in [0, 0.1) is 5.92 Å². The molecule has 0 aliphatic rings. The van der Waals surface area contributed by atoms with Crippen molar-refractivity contribution in [3.05, 3.63) is 18.0 Å². The molecule has 0 aliphatic carbocycles. The molecule has 0 saturated carbocycles. The van der Waals surface area contributed by atoms with Crippen LogP contribution in [0.5, 0.6) is 0 Å². The van der Waals surface area contributed by atoms with Crippen LogP contribution in [0.25, 0.3) is 0 Å².